The van der Waals surface area contributed by atoms with Crippen molar-refractivity contribution in [2.45, 2.75) is 19.8 Å². The van der Waals surface area contributed by atoms with E-state index in [-0.39, 0.29) is 37.6 Å². The molecule has 0 heterocycles. The Kier molecular flexibility index (Phi) is 17.8. The van der Waals surface area contributed by atoms with Gasteiger partial charge in [-0.1, -0.05) is 13.3 Å². The molecule has 0 radical (unpaired) electrons. The first-order chi connectivity index (χ1) is 5.41. The van der Waals surface area contributed by atoms with E-state index in [2.05, 4.69) is 6.92 Å². The van der Waals surface area contributed by atoms with Crippen LogP contribution in [-0.2, 0) is 14.3 Å². The van der Waals surface area contributed by atoms with Crippen LogP contribution >= 0.6 is 0 Å². The Morgan fingerprint density at radius 1 is 1.25 bits per heavy atom. The van der Waals surface area contributed by atoms with Crippen LogP contribution in [-0.4, -0.2) is 32.7 Å². The summed E-state index contributed by atoms with van der Waals surface area (Å²) in [7, 11) is 0. The maximum absolute atomic E-state index is 9.77. The summed E-state index contributed by atoms with van der Waals surface area (Å²) >= 11 is 0. The molecule has 0 N–H and O–H groups in total. The molecule has 12 heavy (non-hydrogen) atoms. The molecule has 0 saturated carbocycles. The Morgan fingerprint density at radius 2 is 1.92 bits per heavy atom. The molecule has 0 aromatic carbocycles. The van der Waals surface area contributed by atoms with E-state index in [1.54, 1.807) is 0 Å². The average Bonchev–Trinajstić information content (AvgIpc) is 2.03. The van der Waals surface area contributed by atoms with E-state index in [0.717, 1.165) is 25.7 Å². The maximum atomic E-state index is 9.77. The molecule has 0 aliphatic carbocycles. The van der Waals surface area contributed by atoms with Crippen LogP contribution in [0.2, 0.25) is 0 Å². The number of ether oxygens (including phenoxy) is 2. The number of unbranched alkanes of at least 4 members (excludes halogenated alkanes) is 1. The summed E-state index contributed by atoms with van der Waals surface area (Å²) in [5.74, 6) is 0. The third-order valence-corrected chi connectivity index (χ3v) is 1.20. The summed E-state index contributed by atoms with van der Waals surface area (Å²) in [5.41, 5.74) is 0. The van der Waals surface area contributed by atoms with Crippen LogP contribution in [0, 0.1) is 0 Å². The summed E-state index contributed by atoms with van der Waals surface area (Å²) in [6.45, 7) is 4.20. The van der Waals surface area contributed by atoms with Gasteiger partial charge in [-0.05, 0) is 6.42 Å². The second kappa shape index (κ2) is 14.1. The second-order valence-electron chi connectivity index (χ2n) is 2.21. The molecule has 0 aliphatic heterocycles. The fourth-order valence-corrected chi connectivity index (χ4v) is 0.598. The summed E-state index contributed by atoms with van der Waals surface area (Å²) in [6.07, 6.45) is 2.98. The van der Waals surface area contributed by atoms with E-state index < -0.39 is 0 Å². The fourth-order valence-electron chi connectivity index (χ4n) is 0.598. The zero-order chi connectivity index (χ0) is 8.36. The van der Waals surface area contributed by atoms with Gasteiger partial charge in [-0.3, -0.25) is 0 Å². The van der Waals surface area contributed by atoms with Crippen LogP contribution in [0.25, 0.3) is 0 Å². The van der Waals surface area contributed by atoms with Gasteiger partial charge in [0.25, 0.3) is 0 Å². The Morgan fingerprint density at radius 3 is 2.50 bits per heavy atom. The van der Waals surface area contributed by atoms with Gasteiger partial charge in [-0.25, -0.2) is 0 Å². The van der Waals surface area contributed by atoms with Gasteiger partial charge in [0, 0.05) is 6.61 Å². The van der Waals surface area contributed by atoms with Gasteiger partial charge in [0.1, 0.15) is 12.9 Å². The number of carbonyl (C=O) groups is 1. The van der Waals surface area contributed by atoms with Crippen molar-refractivity contribution in [3.05, 3.63) is 0 Å². The van der Waals surface area contributed by atoms with Crippen LogP contribution in [0.4, 0.5) is 0 Å². The van der Waals surface area contributed by atoms with Crippen LogP contribution in [0.3, 0.4) is 0 Å². The topological polar surface area (TPSA) is 35.5 Å². The first-order valence-electron chi connectivity index (χ1n) is 4.01. The van der Waals surface area contributed by atoms with Crippen LogP contribution in [0.1, 0.15) is 21.2 Å². The van der Waals surface area contributed by atoms with E-state index in [4.69, 9.17) is 9.47 Å². The van der Waals surface area contributed by atoms with Crippen molar-refractivity contribution >= 4 is 6.29 Å². The molecular weight excluding hydrogens is 167 g/mol. The van der Waals surface area contributed by atoms with Crippen molar-refractivity contribution in [2.24, 2.45) is 0 Å². The Hall–Kier alpha value is 0.590. The molecule has 68 valence electrons. The molecule has 0 bridgehead atoms. The fraction of sp³-hybridized carbons (Fsp3) is 0.875. The monoisotopic (exact) mass is 184 g/mol. The quantitative estimate of drug-likeness (QED) is 0.252. The smallest absolute Gasteiger partial charge is 1.00 e. The Balaban J connectivity index is -0.000000500. The van der Waals surface area contributed by atoms with Crippen molar-refractivity contribution < 1.29 is 45.3 Å². The molecule has 0 amide bonds. The molecule has 0 saturated heterocycles. The summed E-state index contributed by atoms with van der Waals surface area (Å²) in [6, 6.07) is 0. The van der Waals surface area contributed by atoms with Gasteiger partial charge in [0.05, 0.1) is 13.2 Å². The molecule has 3 nitrogen and oxygen atoms in total. The molecule has 0 spiro atoms. The molecule has 0 aromatic rings. The summed E-state index contributed by atoms with van der Waals surface area (Å²) in [4.78, 5) is 9.77. The number of hydrogen-bond donors (Lipinski definition) is 0. The van der Waals surface area contributed by atoms with Crippen LogP contribution in [0.15, 0.2) is 0 Å². The molecule has 0 atom stereocenters. The number of hydrogen-bond acceptors (Lipinski definition) is 3. The van der Waals surface area contributed by atoms with Gasteiger partial charge in [0.15, 0.2) is 0 Å². The summed E-state index contributed by atoms with van der Waals surface area (Å²) < 4.78 is 10.0. The van der Waals surface area contributed by atoms with Crippen molar-refractivity contribution in [1.82, 2.24) is 0 Å². The summed E-state index contributed by atoms with van der Waals surface area (Å²) in [5, 5.41) is 0. The molecular formula is C8H17NaO3. The standard InChI is InChI=1S/C8H16O3.Na.H/c1-2-3-5-10-7-8-11-6-4-9;;/h4H,2-3,5-8H2,1H3;;/q;+1;-1. The van der Waals surface area contributed by atoms with Gasteiger partial charge in [-0.2, -0.15) is 0 Å². The van der Waals surface area contributed by atoms with Crippen LogP contribution in [0.5, 0.6) is 0 Å². The molecule has 0 aliphatic rings. The van der Waals surface area contributed by atoms with Gasteiger partial charge < -0.3 is 15.7 Å². The van der Waals surface area contributed by atoms with E-state index in [1.165, 1.54) is 0 Å². The second-order valence-corrected chi connectivity index (χ2v) is 2.21. The number of carbonyl (C=O) groups excluding carboxylic acids is 1. The third kappa shape index (κ3) is 13.2. The molecule has 0 fully saturated rings. The van der Waals surface area contributed by atoms with Gasteiger partial charge in [-0.15, -0.1) is 0 Å². The van der Waals surface area contributed by atoms with Gasteiger partial charge >= 0.3 is 29.6 Å². The zero-order valence-corrected chi connectivity index (χ0v) is 10.0. The predicted octanol–water partition coefficient (Wildman–Crippen LogP) is -1.86. The minimum Gasteiger partial charge on any atom is -1.00 e. The normalized spacial score (nSPS) is 9.08. The third-order valence-electron chi connectivity index (χ3n) is 1.20. The van der Waals surface area contributed by atoms with Crippen molar-refractivity contribution in [1.29, 1.82) is 0 Å². The van der Waals surface area contributed by atoms with Gasteiger partial charge in [0.2, 0.25) is 0 Å². The first kappa shape index (κ1) is 15.1. The van der Waals surface area contributed by atoms with E-state index in [1.807, 2.05) is 0 Å². The first-order valence-corrected chi connectivity index (χ1v) is 4.01. The van der Waals surface area contributed by atoms with E-state index in [9.17, 15) is 4.79 Å². The minimum absolute atomic E-state index is 0. The van der Waals surface area contributed by atoms with Crippen molar-refractivity contribution in [3.8, 4) is 0 Å². The average molecular weight is 184 g/mol. The Labute approximate surface area is 97.6 Å². The predicted molar refractivity (Wildman–Crippen MR) is 43.7 cm³/mol. The molecule has 0 rings (SSSR count). The molecule has 0 aromatic heterocycles. The maximum Gasteiger partial charge on any atom is 1.00 e. The van der Waals surface area contributed by atoms with Crippen molar-refractivity contribution in [2.75, 3.05) is 26.4 Å². The molecule has 4 heteroatoms. The SMILES string of the molecule is CCCCOCCOCC=O.[H-].[Na+]. The number of rotatable bonds is 8. The molecule has 0 unspecified atom stereocenters. The number of aldehydes is 1. The van der Waals surface area contributed by atoms with Crippen LogP contribution < -0.4 is 29.6 Å². The largest absolute Gasteiger partial charge is 1.00 e. The van der Waals surface area contributed by atoms with E-state index in [0.29, 0.717) is 13.2 Å². The zero-order valence-electron chi connectivity index (χ0n) is 9.04. The van der Waals surface area contributed by atoms with E-state index >= 15 is 0 Å². The Bertz CT molecular complexity index is 93.5. The van der Waals surface area contributed by atoms with Crippen molar-refractivity contribution in [3.63, 3.8) is 0 Å². The minimum atomic E-state index is 0.